The van der Waals surface area contributed by atoms with Crippen LogP contribution in [-0.4, -0.2) is 18.7 Å². The summed E-state index contributed by atoms with van der Waals surface area (Å²) in [6, 6.07) is 0. The van der Waals surface area contributed by atoms with Gasteiger partial charge in [-0.2, -0.15) is 0 Å². The molecule has 0 bridgehead atoms. The highest BCUT2D eigenvalue weighted by Gasteiger charge is 2.14. The average Bonchev–Trinajstić information content (AvgIpc) is 2.64. The predicted molar refractivity (Wildman–Crippen MR) is 68.0 cm³/mol. The lowest BCUT2D eigenvalue weighted by molar-refractivity contribution is 0.633. The first-order chi connectivity index (χ1) is 8.02. The third-order valence-corrected chi connectivity index (χ3v) is 3.22. The van der Waals surface area contributed by atoms with Crippen LogP contribution in [0.5, 0.6) is 0 Å². The Morgan fingerprint density at radius 2 is 1.76 bits per heavy atom. The van der Waals surface area contributed by atoms with Crippen molar-refractivity contribution in [3.63, 3.8) is 0 Å². The van der Waals surface area contributed by atoms with Gasteiger partial charge < -0.3 is 9.55 Å². The summed E-state index contributed by atoms with van der Waals surface area (Å²) in [7, 11) is 1.63. The van der Waals surface area contributed by atoms with Gasteiger partial charge in [-0.15, -0.1) is 0 Å². The van der Waals surface area contributed by atoms with Crippen LogP contribution in [0.25, 0.3) is 11.2 Å². The van der Waals surface area contributed by atoms with E-state index < -0.39 is 0 Å². The van der Waals surface area contributed by atoms with Gasteiger partial charge in [0.2, 0.25) is 0 Å². The Balaban J connectivity index is 3.16. The van der Waals surface area contributed by atoms with Gasteiger partial charge in [-0.05, 0) is 26.1 Å². The fraction of sp³-hybridized carbons (Fsp3) is 0.500. The molecule has 0 saturated heterocycles. The monoisotopic (exact) mass is 254 g/mol. The molecule has 2 aromatic rings. The first kappa shape index (κ1) is 11.8. The molecular formula is C10H14N4O2S. The minimum Gasteiger partial charge on any atom is -0.316 e. The Kier molecular flexibility index (Phi) is 2.78. The highest BCUT2D eigenvalue weighted by atomic mass is 32.1. The van der Waals surface area contributed by atoms with Gasteiger partial charge >= 0.3 is 5.69 Å². The molecule has 0 aromatic carbocycles. The van der Waals surface area contributed by atoms with Crippen LogP contribution < -0.4 is 11.2 Å². The molecule has 17 heavy (non-hydrogen) atoms. The Hall–Kier alpha value is -1.63. The molecule has 0 atom stereocenters. The SMILES string of the molecule is CCn1c(=O)c2c([nH]c(=S)n2CC)n(C)c1=O. The summed E-state index contributed by atoms with van der Waals surface area (Å²) in [6.07, 6.45) is 0. The lowest BCUT2D eigenvalue weighted by atomic mass is 10.5. The molecule has 2 heterocycles. The van der Waals surface area contributed by atoms with Crippen molar-refractivity contribution in [2.45, 2.75) is 26.9 Å². The van der Waals surface area contributed by atoms with Crippen LogP contribution in [0.3, 0.4) is 0 Å². The lowest BCUT2D eigenvalue weighted by Crippen LogP contribution is -2.39. The summed E-state index contributed by atoms with van der Waals surface area (Å²) in [5.74, 6) is 0. The zero-order chi connectivity index (χ0) is 12.7. The van der Waals surface area contributed by atoms with Crippen LogP contribution >= 0.6 is 12.2 Å². The molecule has 0 aliphatic carbocycles. The van der Waals surface area contributed by atoms with Crippen LogP contribution in [0.2, 0.25) is 0 Å². The van der Waals surface area contributed by atoms with Crippen LogP contribution in [0.15, 0.2) is 9.59 Å². The standard InChI is InChI=1S/C10H14N4O2S/c1-4-13-6-7(11-9(13)17)12(3)10(16)14(5-2)8(6)15/h4-5H2,1-3H3,(H,11,17). The number of aryl methyl sites for hydroxylation is 2. The van der Waals surface area contributed by atoms with Crippen molar-refractivity contribution in [1.82, 2.24) is 18.7 Å². The number of nitrogens with one attached hydrogen (secondary N) is 1. The van der Waals surface area contributed by atoms with E-state index in [2.05, 4.69) is 4.98 Å². The van der Waals surface area contributed by atoms with Gasteiger partial charge in [-0.3, -0.25) is 13.9 Å². The summed E-state index contributed by atoms with van der Waals surface area (Å²) in [4.78, 5) is 27.0. The number of H-pyrrole nitrogens is 1. The van der Waals surface area contributed by atoms with Crippen LogP contribution in [0, 0.1) is 4.77 Å². The van der Waals surface area contributed by atoms with Gasteiger partial charge in [0, 0.05) is 20.1 Å². The number of hydrogen-bond acceptors (Lipinski definition) is 3. The number of nitrogens with zero attached hydrogens (tertiary/aromatic N) is 3. The molecule has 1 N–H and O–H groups in total. The molecule has 2 aromatic heterocycles. The summed E-state index contributed by atoms with van der Waals surface area (Å²) < 4.78 is 4.79. The molecular weight excluding hydrogens is 240 g/mol. The molecule has 0 aliphatic rings. The number of aromatic nitrogens is 4. The maximum Gasteiger partial charge on any atom is 0.332 e. The molecule has 0 amide bonds. The maximum absolute atomic E-state index is 12.2. The first-order valence-electron chi connectivity index (χ1n) is 5.45. The molecule has 7 heteroatoms. The van der Waals surface area contributed by atoms with E-state index in [4.69, 9.17) is 12.2 Å². The third kappa shape index (κ3) is 1.49. The minimum atomic E-state index is -0.329. The molecule has 6 nitrogen and oxygen atoms in total. The van der Waals surface area contributed by atoms with E-state index in [1.54, 1.807) is 18.5 Å². The number of aromatic amines is 1. The fourth-order valence-corrected chi connectivity index (χ4v) is 2.31. The maximum atomic E-state index is 12.2. The van der Waals surface area contributed by atoms with Crippen molar-refractivity contribution >= 4 is 23.4 Å². The van der Waals surface area contributed by atoms with E-state index in [0.717, 1.165) is 0 Å². The average molecular weight is 254 g/mol. The number of rotatable bonds is 2. The van der Waals surface area contributed by atoms with E-state index in [1.807, 2.05) is 6.92 Å². The smallest absolute Gasteiger partial charge is 0.316 e. The van der Waals surface area contributed by atoms with Crippen LogP contribution in [0.1, 0.15) is 13.8 Å². The van der Waals surface area contributed by atoms with Crippen molar-refractivity contribution in [2.75, 3.05) is 0 Å². The number of imidazole rings is 1. The summed E-state index contributed by atoms with van der Waals surface area (Å²) >= 11 is 5.14. The second-order valence-corrected chi connectivity index (χ2v) is 4.15. The second-order valence-electron chi connectivity index (χ2n) is 3.76. The van der Waals surface area contributed by atoms with Crippen LogP contribution in [0.4, 0.5) is 0 Å². The first-order valence-corrected chi connectivity index (χ1v) is 5.86. The van der Waals surface area contributed by atoms with Gasteiger partial charge in [-0.1, -0.05) is 0 Å². The number of hydrogen-bond donors (Lipinski definition) is 1. The van der Waals surface area contributed by atoms with E-state index in [-0.39, 0.29) is 11.2 Å². The van der Waals surface area contributed by atoms with Crippen molar-refractivity contribution in [3.8, 4) is 0 Å². The van der Waals surface area contributed by atoms with E-state index >= 15 is 0 Å². The van der Waals surface area contributed by atoms with Crippen molar-refractivity contribution < 1.29 is 0 Å². The Labute approximate surface area is 102 Å². The molecule has 2 rings (SSSR count). The highest BCUT2D eigenvalue weighted by Crippen LogP contribution is 2.07. The van der Waals surface area contributed by atoms with Gasteiger partial charge in [0.1, 0.15) is 5.65 Å². The topological polar surface area (TPSA) is 64.7 Å². The van der Waals surface area contributed by atoms with Gasteiger partial charge in [-0.25, -0.2) is 4.79 Å². The Bertz CT molecular complexity index is 746. The van der Waals surface area contributed by atoms with E-state index in [9.17, 15) is 9.59 Å². The molecule has 0 radical (unpaired) electrons. The van der Waals surface area contributed by atoms with Crippen molar-refractivity contribution in [1.29, 1.82) is 0 Å². The normalized spacial score (nSPS) is 11.2. The zero-order valence-electron chi connectivity index (χ0n) is 9.98. The third-order valence-electron chi connectivity index (χ3n) is 2.90. The van der Waals surface area contributed by atoms with Crippen molar-refractivity contribution in [2.24, 2.45) is 7.05 Å². The highest BCUT2D eigenvalue weighted by molar-refractivity contribution is 7.71. The Morgan fingerprint density at radius 3 is 2.29 bits per heavy atom. The van der Waals surface area contributed by atoms with Gasteiger partial charge in [0.05, 0.1) is 0 Å². The lowest BCUT2D eigenvalue weighted by Gasteiger charge is -2.06. The molecule has 0 fully saturated rings. The summed E-state index contributed by atoms with van der Waals surface area (Å²) in [5.41, 5.74) is 0.322. The molecule has 0 saturated carbocycles. The van der Waals surface area contributed by atoms with Crippen LogP contribution in [-0.2, 0) is 20.1 Å². The van der Waals surface area contributed by atoms with Gasteiger partial charge in [0.15, 0.2) is 10.3 Å². The predicted octanol–water partition coefficient (Wildman–Crippen LogP) is 0.599. The summed E-state index contributed by atoms with van der Waals surface area (Å²) in [6.45, 7) is 4.62. The molecule has 0 spiro atoms. The minimum absolute atomic E-state index is 0.292. The molecule has 0 aliphatic heterocycles. The Morgan fingerprint density at radius 1 is 1.18 bits per heavy atom. The zero-order valence-corrected chi connectivity index (χ0v) is 10.8. The van der Waals surface area contributed by atoms with Crippen molar-refractivity contribution in [3.05, 3.63) is 25.6 Å². The largest absolute Gasteiger partial charge is 0.332 e. The quantitative estimate of drug-likeness (QED) is 0.798. The van der Waals surface area contributed by atoms with E-state index in [1.165, 1.54) is 9.13 Å². The summed E-state index contributed by atoms with van der Waals surface area (Å²) in [5, 5.41) is 0. The van der Waals surface area contributed by atoms with Gasteiger partial charge in [0.25, 0.3) is 5.56 Å². The molecule has 92 valence electrons. The number of fused-ring (bicyclic) bond motifs is 1. The molecule has 0 unspecified atom stereocenters. The second kappa shape index (κ2) is 3.99. The fourth-order valence-electron chi connectivity index (χ4n) is 1.99. The van der Waals surface area contributed by atoms with E-state index in [0.29, 0.717) is 29.0 Å².